The third kappa shape index (κ3) is 10.2. The molecule has 1 rings (SSSR count). The van der Waals surface area contributed by atoms with Gasteiger partial charge in [0.25, 0.3) is 0 Å². The molecule has 0 bridgehead atoms. The number of guanidine groups is 1. The molecule has 0 aliphatic carbocycles. The summed E-state index contributed by atoms with van der Waals surface area (Å²) >= 11 is 0. The maximum atomic E-state index is 11.7. The summed E-state index contributed by atoms with van der Waals surface area (Å²) < 4.78 is 5.44. The normalized spacial score (nSPS) is 17.2. The molecule has 0 aromatic rings. The van der Waals surface area contributed by atoms with Gasteiger partial charge in [0.2, 0.25) is 5.91 Å². The number of ether oxygens (including phenoxy) is 1. The average molecular weight is 469 g/mol. The first-order chi connectivity index (χ1) is 11.4. The second-order valence-corrected chi connectivity index (χ2v) is 6.81. The fourth-order valence-corrected chi connectivity index (χ4v) is 2.81. The molecule has 148 valence electrons. The van der Waals surface area contributed by atoms with Crippen LogP contribution in [0.3, 0.4) is 0 Å². The van der Waals surface area contributed by atoms with Crippen LogP contribution >= 0.6 is 24.0 Å². The van der Waals surface area contributed by atoms with E-state index < -0.39 is 0 Å². The minimum absolute atomic E-state index is 0. The Morgan fingerprint density at radius 3 is 2.32 bits per heavy atom. The lowest BCUT2D eigenvalue weighted by Crippen LogP contribution is -2.52. The third-order valence-corrected chi connectivity index (χ3v) is 4.08. The molecule has 7 nitrogen and oxygen atoms in total. The van der Waals surface area contributed by atoms with Crippen molar-refractivity contribution in [3.05, 3.63) is 0 Å². The first-order valence-electron chi connectivity index (χ1n) is 8.99. The summed E-state index contributed by atoms with van der Waals surface area (Å²) in [6, 6.07) is 0.618. The van der Waals surface area contributed by atoms with E-state index in [0.717, 1.165) is 38.8 Å². The highest BCUT2D eigenvalue weighted by molar-refractivity contribution is 14.0. The number of halogens is 1. The van der Waals surface area contributed by atoms with Crippen molar-refractivity contribution < 1.29 is 9.53 Å². The van der Waals surface area contributed by atoms with Gasteiger partial charge in [0.1, 0.15) is 0 Å². The van der Waals surface area contributed by atoms with Crippen molar-refractivity contribution in [2.75, 3.05) is 46.4 Å². The van der Waals surface area contributed by atoms with Crippen molar-refractivity contribution in [2.24, 2.45) is 10.9 Å². The number of rotatable bonds is 8. The molecular weight excluding hydrogens is 433 g/mol. The van der Waals surface area contributed by atoms with Gasteiger partial charge in [-0.05, 0) is 19.8 Å². The molecule has 1 unspecified atom stereocenters. The van der Waals surface area contributed by atoms with Gasteiger partial charge < -0.3 is 20.7 Å². The van der Waals surface area contributed by atoms with E-state index in [0.29, 0.717) is 24.9 Å². The van der Waals surface area contributed by atoms with Crippen LogP contribution in [0.15, 0.2) is 4.99 Å². The van der Waals surface area contributed by atoms with E-state index >= 15 is 0 Å². The van der Waals surface area contributed by atoms with Crippen LogP contribution in [-0.2, 0) is 9.53 Å². The molecule has 0 radical (unpaired) electrons. The molecule has 1 aliphatic heterocycles. The number of aliphatic imine (C=N–C) groups is 1. The minimum atomic E-state index is 0. The molecule has 0 aromatic carbocycles. The van der Waals surface area contributed by atoms with Gasteiger partial charge in [-0.3, -0.25) is 14.7 Å². The van der Waals surface area contributed by atoms with Gasteiger partial charge in [-0.1, -0.05) is 13.8 Å². The van der Waals surface area contributed by atoms with Gasteiger partial charge in [0.15, 0.2) is 5.96 Å². The summed E-state index contributed by atoms with van der Waals surface area (Å²) in [5, 5.41) is 9.48. The number of nitrogens with zero attached hydrogens (tertiary/aromatic N) is 2. The minimum Gasteiger partial charge on any atom is -0.379 e. The first kappa shape index (κ1) is 24.4. The molecule has 1 fully saturated rings. The smallest absolute Gasteiger partial charge is 0.221 e. The van der Waals surface area contributed by atoms with Crippen LogP contribution in [0.25, 0.3) is 0 Å². The highest BCUT2D eigenvalue weighted by atomic mass is 127. The lowest BCUT2D eigenvalue weighted by atomic mass is 10.0. The number of amides is 1. The molecule has 1 aliphatic rings. The van der Waals surface area contributed by atoms with Gasteiger partial charge in [-0.25, -0.2) is 0 Å². The predicted octanol–water partition coefficient (Wildman–Crippen LogP) is 1.04. The standard InChI is InChI=1S/C17H35N5O2.HI/c1-13(2)15(22-8-10-24-11-9-22)12-20-17(18-5)19-7-6-16(23)21-14(3)4;/h13-15H,6-12H2,1-5H3,(H,21,23)(H2,18,19,20);1H. The third-order valence-electron chi connectivity index (χ3n) is 4.08. The van der Waals surface area contributed by atoms with Crippen LogP contribution in [-0.4, -0.2) is 75.3 Å². The van der Waals surface area contributed by atoms with Gasteiger partial charge in [0, 0.05) is 51.7 Å². The molecule has 1 atom stereocenters. The summed E-state index contributed by atoms with van der Waals surface area (Å²) in [5.41, 5.74) is 0. The Morgan fingerprint density at radius 1 is 1.16 bits per heavy atom. The Bertz CT molecular complexity index is 398. The zero-order valence-electron chi connectivity index (χ0n) is 16.3. The van der Waals surface area contributed by atoms with Gasteiger partial charge in [0.05, 0.1) is 13.2 Å². The van der Waals surface area contributed by atoms with Crippen LogP contribution < -0.4 is 16.0 Å². The van der Waals surface area contributed by atoms with Gasteiger partial charge in [-0.2, -0.15) is 0 Å². The number of nitrogens with one attached hydrogen (secondary N) is 3. The van der Waals surface area contributed by atoms with Crippen molar-refractivity contribution in [3.63, 3.8) is 0 Å². The predicted molar refractivity (Wildman–Crippen MR) is 114 cm³/mol. The molecule has 3 N–H and O–H groups in total. The van der Waals surface area contributed by atoms with Gasteiger partial charge >= 0.3 is 0 Å². The summed E-state index contributed by atoms with van der Waals surface area (Å²) in [6.07, 6.45) is 0.440. The van der Waals surface area contributed by atoms with E-state index in [1.54, 1.807) is 7.05 Å². The van der Waals surface area contributed by atoms with Crippen LogP contribution in [0, 0.1) is 5.92 Å². The number of morpholine rings is 1. The van der Waals surface area contributed by atoms with Crippen molar-refractivity contribution in [1.82, 2.24) is 20.9 Å². The summed E-state index contributed by atoms with van der Waals surface area (Å²) in [7, 11) is 1.75. The van der Waals surface area contributed by atoms with E-state index in [1.807, 2.05) is 13.8 Å². The number of hydrogen-bond donors (Lipinski definition) is 3. The SMILES string of the molecule is CN=C(NCCC(=O)NC(C)C)NCC(C(C)C)N1CCOCC1.I. The van der Waals surface area contributed by atoms with E-state index in [9.17, 15) is 4.79 Å². The number of carbonyl (C=O) groups excluding carboxylic acids is 1. The van der Waals surface area contributed by atoms with Crippen LogP contribution in [0.2, 0.25) is 0 Å². The maximum absolute atomic E-state index is 11.7. The number of carbonyl (C=O) groups is 1. The lowest BCUT2D eigenvalue weighted by molar-refractivity contribution is -0.121. The van der Waals surface area contributed by atoms with Crippen molar-refractivity contribution >= 4 is 35.8 Å². The van der Waals surface area contributed by atoms with E-state index in [4.69, 9.17) is 4.74 Å². The van der Waals surface area contributed by atoms with Crippen molar-refractivity contribution in [2.45, 2.75) is 46.2 Å². The second-order valence-electron chi connectivity index (χ2n) is 6.81. The maximum Gasteiger partial charge on any atom is 0.221 e. The molecule has 25 heavy (non-hydrogen) atoms. The van der Waals surface area contributed by atoms with Gasteiger partial charge in [-0.15, -0.1) is 24.0 Å². The Balaban J connectivity index is 0.00000576. The van der Waals surface area contributed by atoms with Crippen molar-refractivity contribution in [1.29, 1.82) is 0 Å². The van der Waals surface area contributed by atoms with E-state index in [-0.39, 0.29) is 35.9 Å². The fourth-order valence-electron chi connectivity index (χ4n) is 2.81. The summed E-state index contributed by atoms with van der Waals surface area (Å²) in [6.45, 7) is 13.4. The van der Waals surface area contributed by atoms with Crippen LogP contribution in [0.5, 0.6) is 0 Å². The van der Waals surface area contributed by atoms with E-state index in [1.165, 1.54) is 0 Å². The zero-order valence-corrected chi connectivity index (χ0v) is 18.6. The Labute approximate surface area is 169 Å². The molecule has 1 saturated heterocycles. The molecular formula is C17H36IN5O2. The molecule has 0 aromatic heterocycles. The quantitative estimate of drug-likeness (QED) is 0.282. The average Bonchev–Trinajstić information content (AvgIpc) is 2.53. The Hall–Kier alpha value is -0.610. The monoisotopic (exact) mass is 469 g/mol. The highest BCUT2D eigenvalue weighted by Gasteiger charge is 2.23. The fraction of sp³-hybridized carbons (Fsp3) is 0.882. The molecule has 8 heteroatoms. The number of hydrogen-bond acceptors (Lipinski definition) is 4. The molecule has 0 spiro atoms. The topological polar surface area (TPSA) is 78.0 Å². The lowest BCUT2D eigenvalue weighted by Gasteiger charge is -2.37. The van der Waals surface area contributed by atoms with Crippen LogP contribution in [0.1, 0.15) is 34.1 Å². The molecule has 0 saturated carbocycles. The Morgan fingerprint density at radius 2 is 1.80 bits per heavy atom. The van der Waals surface area contributed by atoms with Crippen molar-refractivity contribution in [3.8, 4) is 0 Å². The summed E-state index contributed by atoms with van der Waals surface area (Å²) in [5.74, 6) is 1.35. The largest absolute Gasteiger partial charge is 0.379 e. The molecule has 1 heterocycles. The molecule has 1 amide bonds. The van der Waals surface area contributed by atoms with Crippen LogP contribution in [0.4, 0.5) is 0 Å². The Kier molecular flexibility index (Phi) is 13.2. The highest BCUT2D eigenvalue weighted by Crippen LogP contribution is 2.12. The summed E-state index contributed by atoms with van der Waals surface area (Å²) in [4.78, 5) is 18.4. The second kappa shape index (κ2) is 13.6. The first-order valence-corrected chi connectivity index (χ1v) is 8.99. The van der Waals surface area contributed by atoms with E-state index in [2.05, 4.69) is 39.7 Å². The zero-order chi connectivity index (χ0) is 17.9.